The Balaban J connectivity index is 1.73. The molecule has 1 aromatic carbocycles. The van der Waals surface area contributed by atoms with E-state index in [1.54, 1.807) is 16.0 Å². The van der Waals surface area contributed by atoms with Gasteiger partial charge in [-0.05, 0) is 53.1 Å². The van der Waals surface area contributed by atoms with E-state index in [-0.39, 0.29) is 11.6 Å². The number of nitrogens with zero attached hydrogens (tertiary/aromatic N) is 5. The third-order valence-electron chi connectivity index (χ3n) is 4.52. The van der Waals surface area contributed by atoms with Gasteiger partial charge in [-0.1, -0.05) is 11.2 Å². The van der Waals surface area contributed by atoms with Crippen LogP contribution in [-0.4, -0.2) is 37.0 Å². The molecule has 28 heavy (non-hydrogen) atoms. The maximum absolute atomic E-state index is 12.6. The molecule has 10 heteroatoms. The van der Waals surface area contributed by atoms with Crippen molar-refractivity contribution < 1.29 is 4.74 Å². The molecular formula is C18H15N7O2S. The molecule has 0 amide bonds. The number of H-pyrrole nitrogens is 1. The van der Waals surface area contributed by atoms with Crippen LogP contribution in [0.1, 0.15) is 23.4 Å². The molecule has 140 valence electrons. The van der Waals surface area contributed by atoms with Crippen LogP contribution >= 0.6 is 11.3 Å². The number of ether oxygens (including phenoxy) is 1. The van der Waals surface area contributed by atoms with Crippen LogP contribution in [-0.2, 0) is 0 Å². The van der Waals surface area contributed by atoms with E-state index in [4.69, 9.17) is 4.74 Å². The van der Waals surface area contributed by atoms with Gasteiger partial charge in [0, 0.05) is 16.0 Å². The Bertz CT molecular complexity index is 1180. The number of hydrogen-bond donors (Lipinski definition) is 2. The molecule has 9 nitrogen and oxygen atoms in total. The average molecular weight is 393 g/mol. The number of anilines is 2. The fraction of sp³-hybridized carbons (Fsp3) is 0.167. The van der Waals surface area contributed by atoms with E-state index < -0.39 is 0 Å². The van der Waals surface area contributed by atoms with Gasteiger partial charge in [-0.3, -0.25) is 4.79 Å². The molecule has 0 fully saturated rings. The maximum Gasteiger partial charge on any atom is 0.288 e. The molecule has 0 saturated heterocycles. The van der Waals surface area contributed by atoms with Gasteiger partial charge >= 0.3 is 0 Å². The fourth-order valence-corrected chi connectivity index (χ4v) is 4.16. The fourth-order valence-electron chi connectivity index (χ4n) is 3.34. The summed E-state index contributed by atoms with van der Waals surface area (Å²) in [6, 6.07) is 11.2. The van der Waals surface area contributed by atoms with E-state index in [1.165, 1.54) is 0 Å². The van der Waals surface area contributed by atoms with E-state index in [0.29, 0.717) is 23.9 Å². The first-order valence-electron chi connectivity index (χ1n) is 8.70. The second-order valence-electron chi connectivity index (χ2n) is 6.14. The third kappa shape index (κ3) is 2.57. The Labute approximate surface area is 163 Å². The molecule has 1 aliphatic heterocycles. The normalized spacial score (nSPS) is 14.8. The van der Waals surface area contributed by atoms with E-state index >= 15 is 0 Å². The molecular weight excluding hydrogens is 378 g/mol. The van der Waals surface area contributed by atoms with Crippen molar-refractivity contribution in [3.8, 4) is 17.0 Å². The molecule has 2 N–H and O–H groups in total. The lowest BCUT2D eigenvalue weighted by Crippen LogP contribution is -2.28. The molecule has 0 unspecified atom stereocenters. The summed E-state index contributed by atoms with van der Waals surface area (Å²) in [6.45, 7) is 2.53. The van der Waals surface area contributed by atoms with Crippen LogP contribution in [0.4, 0.5) is 11.6 Å². The van der Waals surface area contributed by atoms with Gasteiger partial charge in [0.25, 0.3) is 5.56 Å². The molecule has 1 aliphatic rings. The van der Waals surface area contributed by atoms with Crippen LogP contribution in [0, 0.1) is 0 Å². The van der Waals surface area contributed by atoms with E-state index in [9.17, 15) is 4.79 Å². The highest BCUT2D eigenvalue weighted by molar-refractivity contribution is 7.10. The van der Waals surface area contributed by atoms with Gasteiger partial charge in [-0.25, -0.2) is 5.10 Å². The van der Waals surface area contributed by atoms with Gasteiger partial charge in [-0.2, -0.15) is 9.78 Å². The number of hydrogen-bond acceptors (Lipinski definition) is 8. The van der Waals surface area contributed by atoms with Gasteiger partial charge < -0.3 is 10.1 Å². The SMILES string of the molecule is CCOc1ccc(-c2n[nH]c(=O)c3c2[C@H](c2cccs2)n2nnnc2N3)cc1. The molecule has 1 atom stereocenters. The molecule has 4 heterocycles. The Morgan fingerprint density at radius 2 is 2.11 bits per heavy atom. The topological polar surface area (TPSA) is 111 Å². The minimum atomic E-state index is -0.349. The molecule has 0 bridgehead atoms. The first-order valence-corrected chi connectivity index (χ1v) is 9.58. The summed E-state index contributed by atoms with van der Waals surface area (Å²) in [7, 11) is 0. The zero-order valence-electron chi connectivity index (χ0n) is 14.8. The summed E-state index contributed by atoms with van der Waals surface area (Å²) >= 11 is 1.57. The lowest BCUT2D eigenvalue weighted by molar-refractivity contribution is 0.340. The number of aromatic amines is 1. The number of aromatic nitrogens is 6. The highest BCUT2D eigenvalue weighted by atomic mass is 32.1. The van der Waals surface area contributed by atoms with Crippen LogP contribution in [0.2, 0.25) is 0 Å². The lowest BCUT2D eigenvalue weighted by atomic mass is 9.96. The van der Waals surface area contributed by atoms with Crippen molar-refractivity contribution in [3.05, 3.63) is 62.6 Å². The summed E-state index contributed by atoms with van der Waals surface area (Å²) in [5.41, 5.74) is 2.33. The van der Waals surface area contributed by atoms with E-state index in [1.807, 2.05) is 48.7 Å². The Morgan fingerprint density at radius 1 is 1.25 bits per heavy atom. The lowest BCUT2D eigenvalue weighted by Gasteiger charge is -2.26. The first-order chi connectivity index (χ1) is 13.8. The predicted molar refractivity (Wildman–Crippen MR) is 104 cm³/mol. The first kappa shape index (κ1) is 16.6. The Hall–Kier alpha value is -3.53. The molecule has 0 saturated carbocycles. The van der Waals surface area contributed by atoms with Crippen LogP contribution in [0.15, 0.2) is 46.6 Å². The Morgan fingerprint density at radius 3 is 2.86 bits per heavy atom. The van der Waals surface area contributed by atoms with Gasteiger partial charge in [0.1, 0.15) is 17.5 Å². The minimum Gasteiger partial charge on any atom is -0.494 e. The summed E-state index contributed by atoms with van der Waals surface area (Å²) in [5.74, 6) is 1.19. The summed E-state index contributed by atoms with van der Waals surface area (Å²) in [4.78, 5) is 13.6. The summed E-state index contributed by atoms with van der Waals surface area (Å²) in [5, 5.41) is 23.9. The molecule has 5 rings (SSSR count). The number of thiophene rings is 1. The quantitative estimate of drug-likeness (QED) is 0.483. The van der Waals surface area contributed by atoms with Crippen molar-refractivity contribution in [1.29, 1.82) is 0 Å². The number of rotatable bonds is 4. The molecule has 0 spiro atoms. The molecule has 3 aromatic heterocycles. The van der Waals surface area contributed by atoms with Crippen molar-refractivity contribution in [2.45, 2.75) is 13.0 Å². The van der Waals surface area contributed by atoms with Crippen LogP contribution < -0.4 is 15.6 Å². The van der Waals surface area contributed by atoms with E-state index in [0.717, 1.165) is 21.8 Å². The van der Waals surface area contributed by atoms with Gasteiger partial charge in [0.2, 0.25) is 5.95 Å². The molecule has 0 aliphatic carbocycles. The third-order valence-corrected chi connectivity index (χ3v) is 5.44. The zero-order valence-corrected chi connectivity index (χ0v) is 15.6. The van der Waals surface area contributed by atoms with Crippen molar-refractivity contribution in [1.82, 2.24) is 30.4 Å². The van der Waals surface area contributed by atoms with Crippen molar-refractivity contribution in [2.24, 2.45) is 0 Å². The minimum absolute atomic E-state index is 0.319. The predicted octanol–water partition coefficient (Wildman–Crippen LogP) is 2.58. The smallest absolute Gasteiger partial charge is 0.288 e. The number of fused-ring (bicyclic) bond motifs is 2. The largest absolute Gasteiger partial charge is 0.494 e. The van der Waals surface area contributed by atoms with Gasteiger partial charge in [0.15, 0.2) is 0 Å². The summed E-state index contributed by atoms with van der Waals surface area (Å²) in [6.07, 6.45) is 0. The number of nitrogens with one attached hydrogen (secondary N) is 2. The average Bonchev–Trinajstić information content (AvgIpc) is 3.40. The standard InChI is InChI=1S/C18H15N7O2S/c1-2-27-11-7-5-10(6-8-11)14-13-15(17(26)21-20-14)19-18-22-23-24-25(18)16(13)12-4-3-9-28-12/h3-9,16H,2H2,1H3,(H,21,26)(H,19,22,24)/t16-/m0/s1. The zero-order chi connectivity index (χ0) is 19.1. The van der Waals surface area contributed by atoms with Gasteiger partial charge in [-0.15, -0.1) is 11.3 Å². The summed E-state index contributed by atoms with van der Waals surface area (Å²) < 4.78 is 7.20. The van der Waals surface area contributed by atoms with Crippen molar-refractivity contribution >= 4 is 23.0 Å². The highest BCUT2D eigenvalue weighted by Crippen LogP contribution is 2.42. The van der Waals surface area contributed by atoms with Crippen LogP contribution in [0.3, 0.4) is 0 Å². The second kappa shape index (κ2) is 6.57. The maximum atomic E-state index is 12.6. The van der Waals surface area contributed by atoms with Gasteiger partial charge in [0.05, 0.1) is 12.3 Å². The number of benzene rings is 1. The highest BCUT2D eigenvalue weighted by Gasteiger charge is 2.34. The van der Waals surface area contributed by atoms with Crippen molar-refractivity contribution in [2.75, 3.05) is 11.9 Å². The number of tetrazole rings is 1. The second-order valence-corrected chi connectivity index (χ2v) is 7.12. The van der Waals surface area contributed by atoms with E-state index in [2.05, 4.69) is 31.0 Å². The molecule has 0 radical (unpaired) electrons. The van der Waals surface area contributed by atoms with Crippen LogP contribution in [0.5, 0.6) is 5.75 Å². The Kier molecular flexibility index (Phi) is 3.90. The monoisotopic (exact) mass is 393 g/mol. The molecule has 4 aromatic rings. The van der Waals surface area contributed by atoms with Crippen LogP contribution in [0.25, 0.3) is 11.3 Å². The van der Waals surface area contributed by atoms with Crippen molar-refractivity contribution in [3.63, 3.8) is 0 Å².